The van der Waals surface area contributed by atoms with E-state index >= 15 is 0 Å². The van der Waals surface area contributed by atoms with Gasteiger partial charge in [0.1, 0.15) is 16.2 Å². The van der Waals surface area contributed by atoms with Crippen LogP contribution in [0.5, 0.6) is 0 Å². The molecule has 2 aromatic heterocycles. The summed E-state index contributed by atoms with van der Waals surface area (Å²) in [7, 11) is 1.64. The number of para-hydroxylation sites is 1. The summed E-state index contributed by atoms with van der Waals surface area (Å²) in [5, 5.41) is 4.73. The van der Waals surface area contributed by atoms with Gasteiger partial charge in [0.15, 0.2) is 0 Å². The highest BCUT2D eigenvalue weighted by atomic mass is 32.2. The Bertz CT molecular complexity index is 1060. The fraction of sp³-hybridized carbons (Fsp3) is 0.333. The molecular formula is C21H24N4O2S2. The third-order valence-electron chi connectivity index (χ3n) is 4.82. The number of hydrogen-bond donors (Lipinski definition) is 1. The van der Waals surface area contributed by atoms with Gasteiger partial charge in [-0.25, -0.2) is 9.97 Å². The summed E-state index contributed by atoms with van der Waals surface area (Å²) < 4.78 is 0. The van der Waals surface area contributed by atoms with Crippen LogP contribution < -0.4 is 5.32 Å². The number of hydrogen-bond acceptors (Lipinski definition) is 6. The van der Waals surface area contributed by atoms with Gasteiger partial charge < -0.3 is 10.2 Å². The lowest BCUT2D eigenvalue weighted by Gasteiger charge is -2.18. The Morgan fingerprint density at radius 1 is 1.14 bits per heavy atom. The van der Waals surface area contributed by atoms with E-state index in [4.69, 9.17) is 0 Å². The van der Waals surface area contributed by atoms with Crippen molar-refractivity contribution in [2.75, 3.05) is 24.7 Å². The SMILES string of the molecule is Cc1cccc(C)c1NC(=O)CN(C)C(=O)CSc1ncnc2sc(C)c(C)c12. The average Bonchev–Trinajstić information content (AvgIpc) is 2.97. The molecule has 2 heterocycles. The van der Waals surface area contributed by atoms with Gasteiger partial charge in [0.2, 0.25) is 11.8 Å². The third-order valence-corrected chi connectivity index (χ3v) is 6.90. The normalized spacial score (nSPS) is 10.9. The molecule has 0 unspecified atom stereocenters. The molecule has 0 aliphatic carbocycles. The maximum absolute atomic E-state index is 12.5. The molecular weight excluding hydrogens is 404 g/mol. The third kappa shape index (κ3) is 4.76. The van der Waals surface area contributed by atoms with Crippen LogP contribution in [0.1, 0.15) is 21.6 Å². The summed E-state index contributed by atoms with van der Waals surface area (Å²) in [6.07, 6.45) is 1.53. The van der Waals surface area contributed by atoms with Crippen molar-refractivity contribution in [1.82, 2.24) is 14.9 Å². The molecule has 0 aliphatic rings. The van der Waals surface area contributed by atoms with Gasteiger partial charge in [0, 0.05) is 23.0 Å². The Labute approximate surface area is 178 Å². The number of nitrogens with one attached hydrogen (secondary N) is 1. The Morgan fingerprint density at radius 2 is 1.83 bits per heavy atom. The number of anilines is 1. The van der Waals surface area contributed by atoms with E-state index in [0.29, 0.717) is 0 Å². The van der Waals surface area contributed by atoms with Crippen LogP contribution in [0.2, 0.25) is 0 Å². The summed E-state index contributed by atoms with van der Waals surface area (Å²) in [5.74, 6) is -0.117. The fourth-order valence-corrected chi connectivity index (χ4v) is 5.05. The Hall–Kier alpha value is -2.45. The molecule has 1 N–H and O–H groups in total. The van der Waals surface area contributed by atoms with Gasteiger partial charge in [-0.3, -0.25) is 9.59 Å². The maximum atomic E-state index is 12.5. The fourth-order valence-electron chi connectivity index (χ4n) is 2.99. The molecule has 152 valence electrons. The van der Waals surface area contributed by atoms with E-state index in [1.54, 1.807) is 18.4 Å². The van der Waals surface area contributed by atoms with Crippen molar-refractivity contribution in [3.63, 3.8) is 0 Å². The smallest absolute Gasteiger partial charge is 0.243 e. The predicted octanol–water partition coefficient (Wildman–Crippen LogP) is 4.11. The largest absolute Gasteiger partial charge is 0.336 e. The van der Waals surface area contributed by atoms with Gasteiger partial charge in [-0.15, -0.1) is 11.3 Å². The molecule has 8 heteroatoms. The maximum Gasteiger partial charge on any atom is 0.243 e. The highest BCUT2D eigenvalue weighted by Gasteiger charge is 2.17. The predicted molar refractivity (Wildman–Crippen MR) is 120 cm³/mol. The van der Waals surface area contributed by atoms with E-state index in [1.165, 1.54) is 27.9 Å². The van der Waals surface area contributed by atoms with Crippen LogP contribution in [0.4, 0.5) is 5.69 Å². The topological polar surface area (TPSA) is 75.2 Å². The number of carbonyl (C=O) groups excluding carboxylic acids is 2. The van der Waals surface area contributed by atoms with E-state index in [0.717, 1.165) is 37.6 Å². The molecule has 2 amide bonds. The lowest BCUT2D eigenvalue weighted by Crippen LogP contribution is -2.36. The van der Waals surface area contributed by atoms with Crippen molar-refractivity contribution in [3.8, 4) is 0 Å². The first kappa shape index (κ1) is 21.3. The molecule has 3 rings (SSSR count). The zero-order chi connectivity index (χ0) is 21.1. The van der Waals surface area contributed by atoms with Gasteiger partial charge in [-0.1, -0.05) is 30.0 Å². The molecule has 0 radical (unpaired) electrons. The Kier molecular flexibility index (Phi) is 6.54. The highest BCUT2D eigenvalue weighted by Crippen LogP contribution is 2.34. The second kappa shape index (κ2) is 8.92. The first-order valence-electron chi connectivity index (χ1n) is 9.21. The first-order chi connectivity index (χ1) is 13.8. The standard InChI is InChI=1S/C21H24N4O2S2/c1-12-7-6-8-13(2)19(12)24-16(26)9-25(5)17(27)10-28-20-18-14(3)15(4)29-21(18)23-11-22-20/h6-8,11H,9-10H2,1-5H3,(H,24,26). The summed E-state index contributed by atoms with van der Waals surface area (Å²) >= 11 is 3.01. The van der Waals surface area contributed by atoms with Gasteiger partial charge in [-0.05, 0) is 44.4 Å². The summed E-state index contributed by atoms with van der Waals surface area (Å²) in [6, 6.07) is 5.85. The molecule has 0 saturated carbocycles. The number of benzene rings is 1. The Balaban J connectivity index is 1.61. The molecule has 0 fully saturated rings. The molecule has 29 heavy (non-hydrogen) atoms. The zero-order valence-electron chi connectivity index (χ0n) is 17.2. The quantitative estimate of drug-likeness (QED) is 0.472. The molecule has 0 aliphatic heterocycles. The minimum absolute atomic E-state index is 0.00292. The number of likely N-dealkylation sites (N-methyl/N-ethyl adjacent to an activating group) is 1. The van der Waals surface area contributed by atoms with Crippen LogP contribution in [0.25, 0.3) is 10.2 Å². The number of rotatable bonds is 6. The first-order valence-corrected chi connectivity index (χ1v) is 11.0. The van der Waals surface area contributed by atoms with Crippen LogP contribution in [0.3, 0.4) is 0 Å². The minimum Gasteiger partial charge on any atom is -0.336 e. The number of thiophene rings is 1. The summed E-state index contributed by atoms with van der Waals surface area (Å²) in [4.78, 5) is 37.2. The minimum atomic E-state index is -0.211. The van der Waals surface area contributed by atoms with E-state index in [2.05, 4.69) is 22.2 Å². The average molecular weight is 429 g/mol. The second-order valence-electron chi connectivity index (χ2n) is 7.00. The molecule has 0 spiro atoms. The number of thioether (sulfide) groups is 1. The van der Waals surface area contributed by atoms with Crippen molar-refractivity contribution in [1.29, 1.82) is 0 Å². The zero-order valence-corrected chi connectivity index (χ0v) is 18.8. The molecule has 3 aromatic rings. The van der Waals surface area contributed by atoms with Crippen molar-refractivity contribution in [2.24, 2.45) is 0 Å². The van der Waals surface area contributed by atoms with Crippen molar-refractivity contribution in [3.05, 3.63) is 46.1 Å². The number of amides is 2. The van der Waals surface area contributed by atoms with Gasteiger partial charge in [0.05, 0.1) is 12.3 Å². The van der Waals surface area contributed by atoms with Crippen LogP contribution in [0, 0.1) is 27.7 Å². The molecule has 6 nitrogen and oxygen atoms in total. The lowest BCUT2D eigenvalue weighted by atomic mass is 10.1. The summed E-state index contributed by atoms with van der Waals surface area (Å²) in [6.45, 7) is 8.01. The molecule has 0 saturated heterocycles. The van der Waals surface area contributed by atoms with Crippen LogP contribution in [-0.4, -0.2) is 46.0 Å². The lowest BCUT2D eigenvalue weighted by molar-refractivity contribution is -0.131. The van der Waals surface area contributed by atoms with Gasteiger partial charge in [0.25, 0.3) is 0 Å². The van der Waals surface area contributed by atoms with E-state index < -0.39 is 0 Å². The van der Waals surface area contributed by atoms with E-state index in [-0.39, 0.29) is 24.1 Å². The number of aryl methyl sites for hydroxylation is 4. The number of aromatic nitrogens is 2. The highest BCUT2D eigenvalue weighted by molar-refractivity contribution is 8.00. The van der Waals surface area contributed by atoms with Crippen molar-refractivity contribution < 1.29 is 9.59 Å². The molecule has 1 aromatic carbocycles. The molecule has 0 atom stereocenters. The van der Waals surface area contributed by atoms with Crippen LogP contribution in [-0.2, 0) is 9.59 Å². The van der Waals surface area contributed by atoms with Crippen LogP contribution in [0.15, 0.2) is 29.6 Å². The number of nitrogens with zero attached hydrogens (tertiary/aromatic N) is 3. The van der Waals surface area contributed by atoms with E-state index in [9.17, 15) is 9.59 Å². The van der Waals surface area contributed by atoms with Gasteiger partial charge in [-0.2, -0.15) is 0 Å². The number of fused-ring (bicyclic) bond motifs is 1. The van der Waals surface area contributed by atoms with Crippen LogP contribution >= 0.6 is 23.1 Å². The summed E-state index contributed by atoms with van der Waals surface area (Å²) in [5.41, 5.74) is 3.95. The monoisotopic (exact) mass is 428 g/mol. The van der Waals surface area contributed by atoms with E-state index in [1.807, 2.05) is 39.0 Å². The molecule has 0 bridgehead atoms. The van der Waals surface area contributed by atoms with Gasteiger partial charge >= 0.3 is 0 Å². The Morgan fingerprint density at radius 3 is 2.52 bits per heavy atom. The van der Waals surface area contributed by atoms with Crippen molar-refractivity contribution >= 4 is 50.8 Å². The second-order valence-corrected chi connectivity index (χ2v) is 9.16. The number of carbonyl (C=O) groups is 2. The van der Waals surface area contributed by atoms with Crippen molar-refractivity contribution in [2.45, 2.75) is 32.7 Å².